The number of hydrogen-bond donors (Lipinski definition) is 0. The molecule has 0 spiro atoms. The summed E-state index contributed by atoms with van der Waals surface area (Å²) in [4.78, 5) is 42.8. The van der Waals surface area contributed by atoms with Gasteiger partial charge in [-0.1, -0.05) is 24.3 Å². The third-order valence-electron chi connectivity index (χ3n) is 5.99. The van der Waals surface area contributed by atoms with E-state index in [4.69, 9.17) is 10.00 Å². The van der Waals surface area contributed by atoms with Gasteiger partial charge in [0.15, 0.2) is 0 Å². The second-order valence-corrected chi connectivity index (χ2v) is 7.85. The lowest BCUT2D eigenvalue weighted by atomic mass is 9.96. The first-order valence-corrected chi connectivity index (χ1v) is 9.98. The number of hydrogen-bond acceptors (Lipinski definition) is 5. The molecule has 3 aliphatic rings. The Balaban J connectivity index is 1.52. The first kappa shape index (κ1) is 18.4. The van der Waals surface area contributed by atoms with Gasteiger partial charge in [0.2, 0.25) is 11.6 Å². The van der Waals surface area contributed by atoms with Crippen LogP contribution in [0, 0.1) is 11.3 Å². The van der Waals surface area contributed by atoms with E-state index in [1.54, 1.807) is 53.4 Å². The van der Waals surface area contributed by atoms with Crippen LogP contribution in [-0.2, 0) is 20.9 Å². The van der Waals surface area contributed by atoms with Gasteiger partial charge in [-0.2, -0.15) is 5.26 Å². The summed E-state index contributed by atoms with van der Waals surface area (Å²) in [5, 5.41) is 8.93. The minimum absolute atomic E-state index is 0.00265. The summed E-state index contributed by atoms with van der Waals surface area (Å²) in [6.07, 6.45) is 2.01. The lowest BCUT2D eigenvalue weighted by molar-refractivity contribution is -0.159. The number of ether oxygens (including phenoxy) is 1. The lowest BCUT2D eigenvalue weighted by Crippen LogP contribution is -2.69. The summed E-state index contributed by atoms with van der Waals surface area (Å²) in [6.45, 7) is 0.00265. The molecule has 2 aliphatic heterocycles. The Morgan fingerprint density at radius 1 is 1.13 bits per heavy atom. The highest BCUT2D eigenvalue weighted by Gasteiger charge is 2.64. The van der Waals surface area contributed by atoms with Crippen molar-refractivity contribution in [3.63, 3.8) is 0 Å². The number of benzene rings is 2. The van der Waals surface area contributed by atoms with Crippen LogP contribution in [-0.4, -0.2) is 34.4 Å². The molecule has 2 aromatic rings. The van der Waals surface area contributed by atoms with E-state index in [9.17, 15) is 14.4 Å². The Morgan fingerprint density at radius 3 is 2.57 bits per heavy atom. The highest BCUT2D eigenvalue weighted by Crippen LogP contribution is 2.49. The Kier molecular flexibility index (Phi) is 4.10. The molecule has 0 bridgehead atoms. The summed E-state index contributed by atoms with van der Waals surface area (Å²) in [7, 11) is 0. The van der Waals surface area contributed by atoms with Gasteiger partial charge in [-0.05, 0) is 42.7 Å². The molecule has 5 rings (SSSR count). The van der Waals surface area contributed by atoms with Gasteiger partial charge in [0.1, 0.15) is 6.61 Å². The van der Waals surface area contributed by atoms with Crippen LogP contribution in [0.3, 0.4) is 0 Å². The van der Waals surface area contributed by atoms with Crippen molar-refractivity contribution < 1.29 is 19.1 Å². The number of rotatable bonds is 4. The number of carbonyl (C=O) groups excluding carboxylic acids is 3. The smallest absolute Gasteiger partial charge is 0.354 e. The van der Waals surface area contributed by atoms with E-state index in [1.165, 1.54) is 4.90 Å². The SMILES string of the molecule is N#Cc1ccc(COC(=O)[C@@]23CCC(=O)N2c2ccccc2C(=O)N3C2CC2)cc1. The summed E-state index contributed by atoms with van der Waals surface area (Å²) in [6, 6.07) is 15.7. The average molecular weight is 401 g/mol. The van der Waals surface area contributed by atoms with E-state index in [2.05, 4.69) is 0 Å². The topological polar surface area (TPSA) is 90.7 Å². The Bertz CT molecular complexity index is 1100. The number of nitrogens with zero attached hydrogens (tertiary/aromatic N) is 3. The zero-order valence-electron chi connectivity index (χ0n) is 16.2. The fourth-order valence-electron chi connectivity index (χ4n) is 4.45. The molecule has 2 amide bonds. The number of anilines is 1. The van der Waals surface area contributed by atoms with Crippen LogP contribution in [0.2, 0.25) is 0 Å². The molecule has 2 fully saturated rings. The number of fused-ring (bicyclic) bond motifs is 3. The molecule has 0 N–H and O–H groups in total. The van der Waals surface area contributed by atoms with Gasteiger partial charge in [0.25, 0.3) is 5.91 Å². The second-order valence-electron chi connectivity index (χ2n) is 7.85. The maximum absolute atomic E-state index is 13.5. The third kappa shape index (κ3) is 2.61. The van der Waals surface area contributed by atoms with Crippen LogP contribution in [0.1, 0.15) is 47.2 Å². The van der Waals surface area contributed by atoms with Crippen LogP contribution >= 0.6 is 0 Å². The summed E-state index contributed by atoms with van der Waals surface area (Å²) >= 11 is 0. The van der Waals surface area contributed by atoms with Gasteiger partial charge in [-0.15, -0.1) is 0 Å². The van der Waals surface area contributed by atoms with E-state index < -0.39 is 11.6 Å². The van der Waals surface area contributed by atoms with E-state index in [0.29, 0.717) is 16.8 Å². The van der Waals surface area contributed by atoms with Crippen LogP contribution in [0.5, 0.6) is 0 Å². The van der Waals surface area contributed by atoms with Crippen LogP contribution in [0.25, 0.3) is 0 Å². The minimum Gasteiger partial charge on any atom is -0.458 e. The van der Waals surface area contributed by atoms with Crippen LogP contribution in [0.4, 0.5) is 5.69 Å². The number of carbonyl (C=O) groups is 3. The Hall–Kier alpha value is -3.66. The van der Waals surface area contributed by atoms with Crippen molar-refractivity contribution in [2.45, 2.75) is 44.0 Å². The summed E-state index contributed by atoms with van der Waals surface area (Å²) in [5.41, 5.74) is 0.726. The molecule has 1 atom stereocenters. The van der Waals surface area contributed by atoms with Crippen molar-refractivity contribution in [2.24, 2.45) is 0 Å². The summed E-state index contributed by atoms with van der Waals surface area (Å²) in [5.74, 6) is -1.00. The highest BCUT2D eigenvalue weighted by atomic mass is 16.5. The van der Waals surface area contributed by atoms with Crippen molar-refractivity contribution >= 4 is 23.5 Å². The predicted octanol–water partition coefficient (Wildman–Crippen LogP) is 2.74. The van der Waals surface area contributed by atoms with E-state index in [1.807, 2.05) is 6.07 Å². The van der Waals surface area contributed by atoms with Crippen LogP contribution in [0.15, 0.2) is 48.5 Å². The molecule has 0 aromatic heterocycles. The zero-order valence-corrected chi connectivity index (χ0v) is 16.2. The quantitative estimate of drug-likeness (QED) is 0.735. The highest BCUT2D eigenvalue weighted by molar-refractivity contribution is 6.15. The molecule has 2 aromatic carbocycles. The van der Waals surface area contributed by atoms with E-state index in [0.717, 1.165) is 18.4 Å². The molecule has 30 heavy (non-hydrogen) atoms. The predicted molar refractivity (Wildman–Crippen MR) is 106 cm³/mol. The molecule has 1 saturated carbocycles. The van der Waals surface area contributed by atoms with Crippen molar-refractivity contribution in [3.05, 3.63) is 65.2 Å². The molecule has 150 valence electrons. The van der Waals surface area contributed by atoms with Crippen molar-refractivity contribution in [2.75, 3.05) is 4.90 Å². The fourth-order valence-corrected chi connectivity index (χ4v) is 4.45. The zero-order chi connectivity index (χ0) is 20.9. The van der Waals surface area contributed by atoms with Gasteiger partial charge in [0.05, 0.1) is 22.9 Å². The molecule has 7 heteroatoms. The average Bonchev–Trinajstić information content (AvgIpc) is 3.55. The Morgan fingerprint density at radius 2 is 1.87 bits per heavy atom. The fraction of sp³-hybridized carbons (Fsp3) is 0.304. The first-order chi connectivity index (χ1) is 14.6. The maximum Gasteiger partial charge on any atom is 0.354 e. The van der Waals surface area contributed by atoms with Gasteiger partial charge in [0, 0.05) is 18.9 Å². The number of esters is 1. The molecule has 7 nitrogen and oxygen atoms in total. The number of amides is 2. The van der Waals surface area contributed by atoms with Crippen molar-refractivity contribution in [3.8, 4) is 6.07 Å². The maximum atomic E-state index is 13.5. The van der Waals surface area contributed by atoms with Gasteiger partial charge in [-0.25, -0.2) is 4.79 Å². The molecular formula is C23H19N3O4. The van der Waals surface area contributed by atoms with E-state index in [-0.39, 0.29) is 37.3 Å². The van der Waals surface area contributed by atoms with E-state index >= 15 is 0 Å². The number of para-hydroxylation sites is 1. The third-order valence-corrected chi connectivity index (χ3v) is 5.99. The van der Waals surface area contributed by atoms with Gasteiger partial charge < -0.3 is 9.64 Å². The molecule has 0 radical (unpaired) electrons. The monoisotopic (exact) mass is 401 g/mol. The molecule has 0 unspecified atom stereocenters. The Labute approximate surface area is 173 Å². The summed E-state index contributed by atoms with van der Waals surface area (Å²) < 4.78 is 5.66. The van der Waals surface area contributed by atoms with Crippen LogP contribution < -0.4 is 4.90 Å². The number of nitriles is 1. The first-order valence-electron chi connectivity index (χ1n) is 9.98. The standard InChI is InChI=1S/C23H19N3O4/c24-13-15-5-7-16(8-6-15)14-30-22(29)23-12-11-20(27)26(23)19-4-2-1-3-18(19)21(28)25(23)17-9-10-17/h1-8,17H,9-12,14H2/t23-/m1/s1. The largest absolute Gasteiger partial charge is 0.458 e. The van der Waals surface area contributed by atoms with Gasteiger partial charge >= 0.3 is 5.97 Å². The van der Waals surface area contributed by atoms with Gasteiger partial charge in [-0.3, -0.25) is 14.5 Å². The molecule has 1 aliphatic carbocycles. The second kappa shape index (κ2) is 6.70. The van der Waals surface area contributed by atoms with Crippen molar-refractivity contribution in [1.82, 2.24) is 4.90 Å². The minimum atomic E-state index is -1.43. The molecule has 1 saturated heterocycles. The normalized spacial score (nSPS) is 22.4. The van der Waals surface area contributed by atoms with Crippen molar-refractivity contribution in [1.29, 1.82) is 5.26 Å². The molecule has 2 heterocycles. The lowest BCUT2D eigenvalue weighted by Gasteiger charge is -2.48. The molecular weight excluding hydrogens is 382 g/mol.